The molecule has 82 valence electrons. The molecule has 1 unspecified atom stereocenters. The summed E-state index contributed by atoms with van der Waals surface area (Å²) >= 11 is 0. The molecule has 3 nitrogen and oxygen atoms in total. The molecule has 0 aliphatic carbocycles. The highest BCUT2D eigenvalue weighted by Crippen LogP contribution is 2.34. The fourth-order valence-electron chi connectivity index (χ4n) is 2.21. The molecule has 1 fully saturated rings. The molecule has 1 aromatic rings. The maximum atomic E-state index is 13.3. The molecule has 2 aliphatic heterocycles. The molecule has 3 rings (SSSR count). The van der Waals surface area contributed by atoms with Crippen LogP contribution in [0.2, 0.25) is 0 Å². The van der Waals surface area contributed by atoms with Crippen molar-refractivity contribution in [1.29, 1.82) is 0 Å². The van der Waals surface area contributed by atoms with Crippen LogP contribution in [-0.2, 0) is 0 Å². The smallest absolute Gasteiger partial charge is 0.150 e. The van der Waals surface area contributed by atoms with Gasteiger partial charge in [-0.25, -0.2) is 9.37 Å². The molecule has 2 aliphatic rings. The zero-order valence-corrected chi connectivity index (χ0v) is 8.05. The van der Waals surface area contributed by atoms with E-state index in [1.165, 1.54) is 0 Å². The van der Waals surface area contributed by atoms with Gasteiger partial charge in [0.05, 0.1) is 11.4 Å². The normalized spacial score (nSPS) is 21.7. The number of aryl methyl sites for hydroxylation is 1. The van der Waals surface area contributed by atoms with Crippen LogP contribution in [-0.4, -0.2) is 24.1 Å². The van der Waals surface area contributed by atoms with E-state index in [4.69, 9.17) is 0 Å². The Balaban J connectivity index is 0.000000853. The van der Waals surface area contributed by atoms with Crippen LogP contribution < -0.4 is 10.2 Å². The minimum atomic E-state index is -0.212. The first-order chi connectivity index (χ1) is 6.74. The molecule has 0 saturated carbocycles. The number of fused-ring (bicyclic) bond motifs is 4. The minimum Gasteiger partial charge on any atom is -0.366 e. The molecule has 2 bridgehead atoms. The zero-order chi connectivity index (χ0) is 9.71. The topological polar surface area (TPSA) is 28.2 Å². The van der Waals surface area contributed by atoms with Crippen molar-refractivity contribution in [3.8, 4) is 0 Å². The van der Waals surface area contributed by atoms with Crippen molar-refractivity contribution >= 4 is 11.5 Å². The van der Waals surface area contributed by atoms with Gasteiger partial charge in [-0.15, -0.1) is 0 Å². The van der Waals surface area contributed by atoms with Crippen LogP contribution in [0.15, 0.2) is 6.07 Å². The summed E-state index contributed by atoms with van der Waals surface area (Å²) in [4.78, 5) is 6.43. The molecule has 15 heavy (non-hydrogen) atoms. The minimum absolute atomic E-state index is 0. The summed E-state index contributed by atoms with van der Waals surface area (Å²) in [6, 6.07) is 2.09. The van der Waals surface area contributed by atoms with Gasteiger partial charge in [0, 0.05) is 25.2 Å². The Kier molecular flexibility index (Phi) is 2.29. The number of nitrogens with zero attached hydrogens (tertiary/aromatic N) is 2. The van der Waals surface area contributed by atoms with Gasteiger partial charge in [-0.1, -0.05) is 7.43 Å². The van der Waals surface area contributed by atoms with E-state index in [2.05, 4.69) is 15.2 Å². The van der Waals surface area contributed by atoms with Crippen molar-refractivity contribution in [3.05, 3.63) is 17.6 Å². The average Bonchev–Trinajstić information content (AvgIpc) is 2.54. The van der Waals surface area contributed by atoms with Gasteiger partial charge in [0.1, 0.15) is 11.6 Å². The second kappa shape index (κ2) is 3.36. The van der Waals surface area contributed by atoms with Crippen LogP contribution in [0.3, 0.4) is 0 Å². The van der Waals surface area contributed by atoms with Crippen LogP contribution >= 0.6 is 0 Å². The SMILES string of the molecule is C.Cc1nc2c(cc1F)N1CCC(C1)N2. The number of hydrogen-bond donors (Lipinski definition) is 1. The third-order valence-corrected chi connectivity index (χ3v) is 3.00. The Morgan fingerprint density at radius 2 is 2.40 bits per heavy atom. The summed E-state index contributed by atoms with van der Waals surface area (Å²) in [6.07, 6.45) is 1.12. The highest BCUT2D eigenvalue weighted by molar-refractivity contribution is 5.70. The lowest BCUT2D eigenvalue weighted by molar-refractivity contribution is 0.608. The first-order valence-corrected chi connectivity index (χ1v) is 4.92. The second-order valence-electron chi connectivity index (χ2n) is 4.00. The Morgan fingerprint density at radius 1 is 1.60 bits per heavy atom. The Bertz CT molecular complexity index is 392. The molecule has 1 aromatic heterocycles. The number of nitrogens with one attached hydrogen (secondary N) is 1. The van der Waals surface area contributed by atoms with Crippen LogP contribution in [0.5, 0.6) is 0 Å². The quantitative estimate of drug-likeness (QED) is 0.709. The maximum absolute atomic E-state index is 13.3. The first kappa shape index (κ1) is 10.2. The standard InChI is InChI=1S/C10H12FN3.CH4/c1-6-8(11)4-9-10(12-6)13-7-2-3-14(9)5-7;/h4,7H,2-3,5H2,1H3,(H,12,13);1H4. The van der Waals surface area contributed by atoms with Crippen molar-refractivity contribution in [3.63, 3.8) is 0 Å². The van der Waals surface area contributed by atoms with Crippen LogP contribution in [0, 0.1) is 12.7 Å². The van der Waals surface area contributed by atoms with Crippen molar-refractivity contribution in [2.75, 3.05) is 23.3 Å². The van der Waals surface area contributed by atoms with E-state index in [-0.39, 0.29) is 13.2 Å². The Hall–Kier alpha value is -1.32. The van der Waals surface area contributed by atoms with Gasteiger partial charge in [0.2, 0.25) is 0 Å². The lowest BCUT2D eigenvalue weighted by atomic mass is 10.2. The Labute approximate surface area is 89.3 Å². The van der Waals surface area contributed by atoms with Crippen molar-refractivity contribution < 1.29 is 4.39 Å². The highest BCUT2D eigenvalue weighted by atomic mass is 19.1. The molecule has 0 amide bonds. The van der Waals surface area contributed by atoms with Gasteiger partial charge in [-0.05, 0) is 13.3 Å². The van der Waals surface area contributed by atoms with Gasteiger partial charge in [0.25, 0.3) is 0 Å². The predicted octanol–water partition coefficient (Wildman–Crippen LogP) is 2.17. The van der Waals surface area contributed by atoms with Gasteiger partial charge in [0.15, 0.2) is 0 Å². The number of halogens is 1. The molecule has 3 heterocycles. The molecular weight excluding hydrogens is 193 g/mol. The van der Waals surface area contributed by atoms with Crippen molar-refractivity contribution in [1.82, 2.24) is 4.98 Å². The predicted molar refractivity (Wildman–Crippen MR) is 59.9 cm³/mol. The molecule has 1 N–H and O–H groups in total. The summed E-state index contributed by atoms with van der Waals surface area (Å²) in [5, 5.41) is 3.34. The molecule has 1 atom stereocenters. The molecule has 0 spiro atoms. The van der Waals surface area contributed by atoms with Crippen LogP contribution in [0.4, 0.5) is 15.9 Å². The molecule has 1 saturated heterocycles. The number of pyridine rings is 1. The fraction of sp³-hybridized carbons (Fsp3) is 0.545. The second-order valence-corrected chi connectivity index (χ2v) is 4.00. The van der Waals surface area contributed by atoms with Gasteiger partial charge >= 0.3 is 0 Å². The molecule has 4 heteroatoms. The van der Waals surface area contributed by atoms with Gasteiger partial charge in [-0.3, -0.25) is 0 Å². The Morgan fingerprint density at radius 3 is 3.20 bits per heavy atom. The lowest BCUT2D eigenvalue weighted by Crippen LogP contribution is -2.32. The van der Waals surface area contributed by atoms with E-state index < -0.39 is 0 Å². The molecule has 0 radical (unpaired) electrons. The summed E-state index contributed by atoms with van der Waals surface area (Å²) in [5.41, 5.74) is 1.39. The van der Waals surface area contributed by atoms with Crippen LogP contribution in [0.1, 0.15) is 19.5 Å². The summed E-state index contributed by atoms with van der Waals surface area (Å²) in [7, 11) is 0. The third-order valence-electron chi connectivity index (χ3n) is 3.00. The average molecular weight is 209 g/mol. The lowest BCUT2D eigenvalue weighted by Gasteiger charge is -2.27. The molecular formula is C11H16FN3. The summed E-state index contributed by atoms with van der Waals surface area (Å²) in [6.45, 7) is 3.69. The third kappa shape index (κ3) is 1.44. The monoisotopic (exact) mass is 209 g/mol. The van der Waals surface area contributed by atoms with Crippen molar-refractivity contribution in [2.24, 2.45) is 0 Å². The largest absolute Gasteiger partial charge is 0.366 e. The van der Waals surface area contributed by atoms with Crippen molar-refractivity contribution in [2.45, 2.75) is 26.8 Å². The van der Waals surface area contributed by atoms with Crippen LogP contribution in [0.25, 0.3) is 0 Å². The number of hydrogen-bond acceptors (Lipinski definition) is 3. The summed E-state index contributed by atoms with van der Waals surface area (Å²) < 4.78 is 13.3. The van der Waals surface area contributed by atoms with E-state index in [0.29, 0.717) is 11.7 Å². The fourth-order valence-corrected chi connectivity index (χ4v) is 2.21. The van der Waals surface area contributed by atoms with Gasteiger partial charge in [-0.2, -0.15) is 0 Å². The maximum Gasteiger partial charge on any atom is 0.150 e. The van der Waals surface area contributed by atoms with Gasteiger partial charge < -0.3 is 10.2 Å². The van der Waals surface area contributed by atoms with E-state index in [9.17, 15) is 4.39 Å². The van der Waals surface area contributed by atoms with E-state index in [0.717, 1.165) is 31.0 Å². The number of rotatable bonds is 0. The molecule has 0 aromatic carbocycles. The number of anilines is 2. The summed E-state index contributed by atoms with van der Waals surface area (Å²) in [5.74, 6) is 0.633. The van der Waals surface area contributed by atoms with E-state index in [1.54, 1.807) is 13.0 Å². The first-order valence-electron chi connectivity index (χ1n) is 4.92. The highest BCUT2D eigenvalue weighted by Gasteiger charge is 2.31. The van der Waals surface area contributed by atoms with E-state index in [1.807, 2.05) is 0 Å². The zero-order valence-electron chi connectivity index (χ0n) is 8.05. The number of aromatic nitrogens is 1. The van der Waals surface area contributed by atoms with E-state index >= 15 is 0 Å².